The van der Waals surface area contributed by atoms with E-state index < -0.39 is 17.5 Å². The van der Waals surface area contributed by atoms with Crippen LogP contribution in [0.3, 0.4) is 0 Å². The summed E-state index contributed by atoms with van der Waals surface area (Å²) in [6.07, 6.45) is 2.16. The fraction of sp³-hybridized carbons (Fsp3) is 0.100. The molecule has 0 unspecified atom stereocenters. The van der Waals surface area contributed by atoms with Crippen LogP contribution in [-0.2, 0) is 4.79 Å². The number of benzene rings is 1. The van der Waals surface area contributed by atoms with E-state index >= 15 is 0 Å². The molecule has 5 nitrogen and oxygen atoms in total. The Labute approximate surface area is 85.9 Å². The molecule has 0 saturated heterocycles. The summed E-state index contributed by atoms with van der Waals surface area (Å²) in [4.78, 5) is 10.2. The molecular formula is C10H9O5-. The van der Waals surface area contributed by atoms with E-state index in [2.05, 4.69) is 0 Å². The van der Waals surface area contributed by atoms with Gasteiger partial charge >= 0.3 is 5.97 Å². The van der Waals surface area contributed by atoms with Crippen LogP contribution in [0.15, 0.2) is 18.2 Å². The quantitative estimate of drug-likeness (QED) is 0.710. The number of aromatic hydroxyl groups is 1. The van der Waals surface area contributed by atoms with Crippen LogP contribution < -0.4 is 9.84 Å². The van der Waals surface area contributed by atoms with Gasteiger partial charge in [-0.05, 0) is 29.5 Å². The average Bonchev–Trinajstić information content (AvgIpc) is 2.19. The molecule has 2 N–H and O–H groups in total. The van der Waals surface area contributed by atoms with Gasteiger partial charge in [-0.2, -0.15) is 0 Å². The minimum Gasteiger partial charge on any atom is -0.867 e. The minimum atomic E-state index is -1.11. The second kappa shape index (κ2) is 4.36. The number of phenolic OH excluding ortho intramolecular Hbond substituents is 1. The number of hydrogen-bond acceptors (Lipinski definition) is 4. The summed E-state index contributed by atoms with van der Waals surface area (Å²) < 4.78 is 4.72. The Kier molecular flexibility index (Phi) is 3.17. The highest BCUT2D eigenvalue weighted by Gasteiger charge is 2.01. The second-order valence-corrected chi connectivity index (χ2v) is 2.74. The summed E-state index contributed by atoms with van der Waals surface area (Å²) in [5.74, 6) is -2.23. The number of carboxylic acid groups (broad SMARTS) is 1. The number of carboxylic acids is 1. The zero-order chi connectivity index (χ0) is 11.4. The topological polar surface area (TPSA) is 89.8 Å². The van der Waals surface area contributed by atoms with Crippen LogP contribution in [0.5, 0.6) is 17.2 Å². The highest BCUT2D eigenvalue weighted by Crippen LogP contribution is 2.34. The monoisotopic (exact) mass is 209 g/mol. The second-order valence-electron chi connectivity index (χ2n) is 2.74. The fourth-order valence-electron chi connectivity index (χ4n) is 1.02. The summed E-state index contributed by atoms with van der Waals surface area (Å²) >= 11 is 0. The van der Waals surface area contributed by atoms with E-state index in [-0.39, 0.29) is 5.75 Å². The molecule has 0 saturated carbocycles. The first kappa shape index (κ1) is 10.9. The smallest absolute Gasteiger partial charge is 0.328 e. The zero-order valence-corrected chi connectivity index (χ0v) is 7.93. The third-order valence-electron chi connectivity index (χ3n) is 1.70. The maximum absolute atomic E-state index is 11.2. The van der Waals surface area contributed by atoms with Gasteiger partial charge < -0.3 is 20.1 Å². The third kappa shape index (κ3) is 2.63. The average molecular weight is 209 g/mol. The third-order valence-corrected chi connectivity index (χ3v) is 1.70. The molecule has 0 aromatic heterocycles. The maximum Gasteiger partial charge on any atom is 0.328 e. The summed E-state index contributed by atoms with van der Waals surface area (Å²) in [6.45, 7) is 0. The van der Waals surface area contributed by atoms with Gasteiger partial charge in [0.15, 0.2) is 0 Å². The first-order chi connectivity index (χ1) is 7.04. The highest BCUT2D eigenvalue weighted by molar-refractivity contribution is 5.85. The van der Waals surface area contributed by atoms with Crippen LogP contribution >= 0.6 is 0 Å². The van der Waals surface area contributed by atoms with Gasteiger partial charge in [-0.15, -0.1) is 0 Å². The van der Waals surface area contributed by atoms with Gasteiger partial charge in [0.25, 0.3) is 0 Å². The summed E-state index contributed by atoms with van der Waals surface area (Å²) in [5.41, 5.74) is 0.381. The van der Waals surface area contributed by atoms with Crippen LogP contribution in [0, 0.1) is 0 Å². The van der Waals surface area contributed by atoms with Crippen molar-refractivity contribution < 1.29 is 24.9 Å². The molecule has 0 bridgehead atoms. The molecule has 0 fully saturated rings. The molecule has 0 heterocycles. The Morgan fingerprint density at radius 2 is 2.20 bits per heavy atom. The van der Waals surface area contributed by atoms with Crippen molar-refractivity contribution in [1.82, 2.24) is 0 Å². The van der Waals surface area contributed by atoms with Crippen LogP contribution in [0.25, 0.3) is 6.08 Å². The maximum atomic E-state index is 11.2. The van der Waals surface area contributed by atoms with E-state index in [1.54, 1.807) is 0 Å². The predicted molar refractivity (Wildman–Crippen MR) is 50.8 cm³/mol. The first-order valence-corrected chi connectivity index (χ1v) is 4.03. The van der Waals surface area contributed by atoms with E-state index in [4.69, 9.17) is 9.84 Å². The Morgan fingerprint density at radius 3 is 2.73 bits per heavy atom. The number of ether oxygens (including phenoxy) is 1. The normalized spacial score (nSPS) is 10.5. The van der Waals surface area contributed by atoms with Crippen LogP contribution in [0.1, 0.15) is 5.56 Å². The molecule has 0 aliphatic heterocycles. The van der Waals surface area contributed by atoms with Crippen molar-refractivity contribution in [1.29, 1.82) is 0 Å². The number of phenols is 1. The van der Waals surface area contributed by atoms with E-state index in [1.165, 1.54) is 25.3 Å². The Morgan fingerprint density at radius 1 is 1.53 bits per heavy atom. The van der Waals surface area contributed by atoms with Crippen LogP contribution in [0.2, 0.25) is 0 Å². The van der Waals surface area contributed by atoms with Crippen LogP contribution in [0.4, 0.5) is 0 Å². The van der Waals surface area contributed by atoms with Gasteiger partial charge in [0.1, 0.15) is 11.5 Å². The summed E-state index contributed by atoms with van der Waals surface area (Å²) in [6, 6.07) is 2.52. The molecule has 0 spiro atoms. The van der Waals surface area contributed by atoms with Gasteiger partial charge in [-0.1, -0.05) is 0 Å². The molecule has 0 radical (unpaired) electrons. The molecular weight excluding hydrogens is 200 g/mol. The highest BCUT2D eigenvalue weighted by atomic mass is 16.5. The van der Waals surface area contributed by atoms with E-state index in [0.29, 0.717) is 5.56 Å². The van der Waals surface area contributed by atoms with E-state index in [9.17, 15) is 15.0 Å². The Balaban J connectivity index is 3.11. The number of methoxy groups -OCH3 is 1. The predicted octanol–water partition coefficient (Wildman–Crippen LogP) is 0.572. The molecule has 0 atom stereocenters. The van der Waals surface area contributed by atoms with Gasteiger partial charge in [0, 0.05) is 6.08 Å². The van der Waals surface area contributed by atoms with Crippen molar-refractivity contribution in [3.05, 3.63) is 23.8 Å². The number of aliphatic carboxylic acids is 1. The van der Waals surface area contributed by atoms with Gasteiger partial charge in [0.05, 0.1) is 7.11 Å². The molecule has 1 aromatic carbocycles. The lowest BCUT2D eigenvalue weighted by atomic mass is 10.1. The molecule has 80 valence electrons. The molecule has 0 aliphatic rings. The number of hydrogen-bond donors (Lipinski definition) is 2. The van der Waals surface area contributed by atoms with Crippen molar-refractivity contribution in [2.24, 2.45) is 0 Å². The molecule has 0 aliphatic carbocycles. The number of carbonyl (C=O) groups is 1. The molecule has 0 amide bonds. The molecule has 5 heteroatoms. The Bertz CT molecular complexity index is 409. The zero-order valence-electron chi connectivity index (χ0n) is 7.93. The Hall–Kier alpha value is -2.17. The van der Waals surface area contributed by atoms with Gasteiger partial charge in [-0.25, -0.2) is 4.79 Å². The fourth-order valence-corrected chi connectivity index (χ4v) is 1.02. The van der Waals surface area contributed by atoms with Gasteiger partial charge in [-0.3, -0.25) is 0 Å². The van der Waals surface area contributed by atoms with E-state index in [0.717, 1.165) is 6.08 Å². The van der Waals surface area contributed by atoms with Crippen molar-refractivity contribution >= 4 is 12.0 Å². The van der Waals surface area contributed by atoms with Crippen molar-refractivity contribution in [3.8, 4) is 17.2 Å². The largest absolute Gasteiger partial charge is 0.867 e. The lowest BCUT2D eigenvalue weighted by Crippen LogP contribution is -1.96. The van der Waals surface area contributed by atoms with E-state index in [1.807, 2.05) is 0 Å². The number of rotatable bonds is 3. The lowest BCUT2D eigenvalue weighted by Gasteiger charge is -2.14. The molecule has 1 aromatic rings. The van der Waals surface area contributed by atoms with Crippen molar-refractivity contribution in [2.45, 2.75) is 0 Å². The summed E-state index contributed by atoms with van der Waals surface area (Å²) in [7, 11) is 1.29. The van der Waals surface area contributed by atoms with Crippen molar-refractivity contribution in [2.75, 3.05) is 7.11 Å². The minimum absolute atomic E-state index is 0.0277. The lowest BCUT2D eigenvalue weighted by molar-refractivity contribution is -0.271. The molecule has 15 heavy (non-hydrogen) atoms. The standard InChI is InChI=1S/C10H10O5/c1-15-8-5-6(2-3-9(12)13)4-7(11)10(8)14/h2-5,11,14H,1H3,(H,12,13)/p-1/b3-2+. The first-order valence-electron chi connectivity index (χ1n) is 4.03. The van der Waals surface area contributed by atoms with Crippen LogP contribution in [-0.4, -0.2) is 23.3 Å². The SMILES string of the molecule is COc1cc(/C=C/C(=O)O)cc(O)c1[O-]. The summed E-state index contributed by atoms with van der Waals surface area (Å²) in [5, 5.41) is 28.8. The van der Waals surface area contributed by atoms with Gasteiger partial charge in [0.2, 0.25) is 0 Å². The molecule has 1 rings (SSSR count). The van der Waals surface area contributed by atoms with Crippen molar-refractivity contribution in [3.63, 3.8) is 0 Å².